The van der Waals surface area contributed by atoms with Crippen LogP contribution in [-0.2, 0) is 0 Å². The number of halogens is 1. The minimum Gasteiger partial charge on any atom is -0.0623 e. The van der Waals surface area contributed by atoms with Gasteiger partial charge >= 0.3 is 0 Å². The lowest BCUT2D eigenvalue weighted by molar-refractivity contribution is 1.63. The number of hydrogen-bond donors (Lipinski definition) is 0. The molecular formula is C30H21BrSi. The highest BCUT2D eigenvalue weighted by atomic mass is 79.9. The highest BCUT2D eigenvalue weighted by Gasteiger charge is 2.48. The minimum absolute atomic E-state index is 1.14. The molecule has 1 aliphatic heterocycles. The average molecular weight is 489 g/mol. The highest BCUT2D eigenvalue weighted by Crippen LogP contribution is 2.32. The Hall–Kier alpha value is -3.20. The molecule has 5 aromatic rings. The van der Waals surface area contributed by atoms with E-state index in [9.17, 15) is 0 Å². The lowest BCUT2D eigenvalue weighted by Crippen LogP contribution is -2.72. The van der Waals surface area contributed by atoms with Gasteiger partial charge in [0, 0.05) is 4.47 Å². The monoisotopic (exact) mass is 488 g/mol. The first-order valence-electron chi connectivity index (χ1n) is 10.9. The zero-order chi connectivity index (χ0) is 21.5. The van der Waals surface area contributed by atoms with Crippen LogP contribution in [0, 0.1) is 0 Å². The zero-order valence-electron chi connectivity index (χ0n) is 17.5. The first-order valence-corrected chi connectivity index (χ1v) is 13.7. The fraction of sp³-hybridized carbons (Fsp3) is 0. The molecule has 0 N–H and O–H groups in total. The van der Waals surface area contributed by atoms with Gasteiger partial charge in [-0.25, -0.2) is 0 Å². The third-order valence-electron chi connectivity index (χ3n) is 6.62. The van der Waals surface area contributed by atoms with Crippen LogP contribution >= 0.6 is 15.9 Å². The van der Waals surface area contributed by atoms with Crippen molar-refractivity contribution < 1.29 is 0 Å². The quantitative estimate of drug-likeness (QED) is 0.289. The summed E-state index contributed by atoms with van der Waals surface area (Å²) in [5.41, 5.74) is 5.27. The molecule has 0 nitrogen and oxygen atoms in total. The second kappa shape index (κ2) is 7.74. The predicted molar refractivity (Wildman–Crippen MR) is 142 cm³/mol. The van der Waals surface area contributed by atoms with Crippen LogP contribution < -0.4 is 20.7 Å². The van der Waals surface area contributed by atoms with Crippen LogP contribution in [0.15, 0.2) is 132 Å². The molecule has 0 amide bonds. The Morgan fingerprint density at radius 2 is 0.938 bits per heavy atom. The third kappa shape index (κ3) is 2.87. The van der Waals surface area contributed by atoms with Crippen molar-refractivity contribution in [2.45, 2.75) is 0 Å². The molecule has 0 radical (unpaired) electrons. The van der Waals surface area contributed by atoms with E-state index in [0.29, 0.717) is 0 Å². The van der Waals surface area contributed by atoms with E-state index in [1.54, 1.807) is 0 Å². The van der Waals surface area contributed by atoms with Gasteiger partial charge in [0.25, 0.3) is 0 Å². The van der Waals surface area contributed by atoms with Gasteiger partial charge in [0.05, 0.1) is 0 Å². The second-order valence-electron chi connectivity index (χ2n) is 8.30. The molecule has 1 heterocycles. The highest BCUT2D eigenvalue weighted by molar-refractivity contribution is 9.10. The van der Waals surface area contributed by atoms with Gasteiger partial charge < -0.3 is 0 Å². The summed E-state index contributed by atoms with van der Waals surface area (Å²) in [6, 6.07) is 46.9. The first kappa shape index (κ1) is 19.5. The van der Waals surface area contributed by atoms with Crippen molar-refractivity contribution in [3.8, 4) is 22.3 Å². The molecule has 0 fully saturated rings. The van der Waals surface area contributed by atoms with Gasteiger partial charge in [0.1, 0.15) is 0 Å². The summed E-state index contributed by atoms with van der Waals surface area (Å²) in [7, 11) is -2.45. The number of fused-ring (bicyclic) bond motifs is 3. The van der Waals surface area contributed by atoms with E-state index in [1.807, 2.05) is 0 Å². The molecule has 0 unspecified atom stereocenters. The summed E-state index contributed by atoms with van der Waals surface area (Å²) in [6.45, 7) is 0. The van der Waals surface area contributed by atoms with Gasteiger partial charge in [-0.05, 0) is 55.1 Å². The molecule has 32 heavy (non-hydrogen) atoms. The maximum Gasteiger partial charge on any atom is 0.180 e. The SMILES string of the molecule is Brc1ccc2c(c1)[Si](c1ccccc1)(c1ccccc1)c1cc(-c3ccccc3)ccc1-2. The van der Waals surface area contributed by atoms with Crippen molar-refractivity contribution in [1.29, 1.82) is 0 Å². The molecule has 0 saturated carbocycles. The Kier molecular flexibility index (Phi) is 4.71. The summed E-state index contributed by atoms with van der Waals surface area (Å²) >= 11 is 3.78. The molecule has 0 spiro atoms. The Bertz CT molecular complexity index is 1370. The summed E-state index contributed by atoms with van der Waals surface area (Å²) in [6.07, 6.45) is 0. The Balaban J connectivity index is 1.76. The molecule has 6 rings (SSSR count). The smallest absolute Gasteiger partial charge is 0.0623 e. The van der Waals surface area contributed by atoms with Crippen LogP contribution in [0.4, 0.5) is 0 Å². The molecule has 1 aliphatic rings. The van der Waals surface area contributed by atoms with Crippen molar-refractivity contribution in [2.75, 3.05) is 0 Å². The molecule has 152 valence electrons. The van der Waals surface area contributed by atoms with E-state index < -0.39 is 8.07 Å². The van der Waals surface area contributed by atoms with Gasteiger partial charge in [-0.2, -0.15) is 0 Å². The summed E-state index contributed by atoms with van der Waals surface area (Å²) in [5.74, 6) is 0. The molecule has 5 aromatic carbocycles. The summed E-state index contributed by atoms with van der Waals surface area (Å²) in [4.78, 5) is 0. The Morgan fingerprint density at radius 3 is 1.53 bits per heavy atom. The molecule has 0 aromatic heterocycles. The Morgan fingerprint density at radius 1 is 0.438 bits per heavy atom. The lowest BCUT2D eigenvalue weighted by atomic mass is 10.0. The van der Waals surface area contributed by atoms with Crippen LogP contribution in [-0.4, -0.2) is 8.07 Å². The van der Waals surface area contributed by atoms with Crippen molar-refractivity contribution in [2.24, 2.45) is 0 Å². The van der Waals surface area contributed by atoms with Crippen molar-refractivity contribution in [3.63, 3.8) is 0 Å². The van der Waals surface area contributed by atoms with Crippen molar-refractivity contribution in [3.05, 3.63) is 132 Å². The van der Waals surface area contributed by atoms with Gasteiger partial charge in [-0.3, -0.25) is 0 Å². The van der Waals surface area contributed by atoms with Crippen molar-refractivity contribution in [1.82, 2.24) is 0 Å². The standard InChI is InChI=1S/C30H21BrSi/c31-24-17-19-28-27-18-16-23(22-10-4-1-5-11-22)20-29(27)32(30(28)21-24,25-12-6-2-7-13-25)26-14-8-3-9-15-26/h1-21H. The maximum absolute atomic E-state index is 3.78. The first-order chi connectivity index (χ1) is 15.8. The average Bonchev–Trinajstić information content (AvgIpc) is 3.15. The molecule has 0 saturated heterocycles. The lowest BCUT2D eigenvalue weighted by Gasteiger charge is -2.31. The van der Waals surface area contributed by atoms with Crippen LogP contribution in [0.2, 0.25) is 0 Å². The predicted octanol–water partition coefficient (Wildman–Crippen LogP) is 5.47. The maximum atomic E-state index is 3.78. The normalized spacial score (nSPS) is 13.4. The van der Waals surface area contributed by atoms with E-state index in [4.69, 9.17) is 0 Å². The third-order valence-corrected chi connectivity index (χ3v) is 12.0. The van der Waals surface area contributed by atoms with Gasteiger partial charge in [0.15, 0.2) is 8.07 Å². The van der Waals surface area contributed by atoms with Crippen LogP contribution in [0.25, 0.3) is 22.3 Å². The molecule has 0 bridgehead atoms. The number of benzene rings is 5. The fourth-order valence-corrected chi connectivity index (χ4v) is 11.1. The fourth-order valence-electron chi connectivity index (χ4n) is 5.27. The largest absolute Gasteiger partial charge is 0.180 e. The van der Waals surface area contributed by atoms with Crippen LogP contribution in [0.5, 0.6) is 0 Å². The number of rotatable bonds is 3. The topological polar surface area (TPSA) is 0 Å². The van der Waals surface area contributed by atoms with E-state index in [1.165, 1.54) is 43.0 Å². The van der Waals surface area contributed by atoms with Gasteiger partial charge in [0.2, 0.25) is 0 Å². The molecule has 0 aliphatic carbocycles. The van der Waals surface area contributed by atoms with E-state index in [2.05, 4.69) is 143 Å². The van der Waals surface area contributed by atoms with E-state index in [0.717, 1.165) is 4.47 Å². The van der Waals surface area contributed by atoms with Gasteiger partial charge in [-0.15, -0.1) is 0 Å². The summed E-state index contributed by atoms with van der Waals surface area (Å²) < 4.78 is 1.14. The van der Waals surface area contributed by atoms with Crippen LogP contribution in [0.3, 0.4) is 0 Å². The second-order valence-corrected chi connectivity index (χ2v) is 12.9. The molecule has 2 heteroatoms. The van der Waals surface area contributed by atoms with E-state index in [-0.39, 0.29) is 0 Å². The molecule has 0 atom stereocenters. The zero-order valence-corrected chi connectivity index (χ0v) is 20.1. The summed E-state index contributed by atoms with van der Waals surface area (Å²) in [5, 5.41) is 5.79. The van der Waals surface area contributed by atoms with Crippen LogP contribution in [0.1, 0.15) is 0 Å². The number of hydrogen-bond acceptors (Lipinski definition) is 0. The van der Waals surface area contributed by atoms with Crippen molar-refractivity contribution >= 4 is 44.8 Å². The minimum atomic E-state index is -2.45. The van der Waals surface area contributed by atoms with E-state index >= 15 is 0 Å². The Labute approximate surface area is 198 Å². The molecular weight excluding hydrogens is 468 g/mol. The van der Waals surface area contributed by atoms with Gasteiger partial charge in [-0.1, -0.05) is 131 Å².